The number of carbonyl (C=O) groups excluding carboxylic acids is 1. The first-order valence-electron chi connectivity index (χ1n) is 4.64. The zero-order valence-electron chi connectivity index (χ0n) is 8.40. The predicted molar refractivity (Wildman–Crippen MR) is 59.4 cm³/mol. The summed E-state index contributed by atoms with van der Waals surface area (Å²) in [5.74, 6) is -0.459. The van der Waals surface area contributed by atoms with E-state index in [-0.39, 0.29) is 6.61 Å². The van der Waals surface area contributed by atoms with Gasteiger partial charge in [0.25, 0.3) is 0 Å². The Morgan fingerprint density at radius 3 is 2.93 bits per heavy atom. The van der Waals surface area contributed by atoms with Gasteiger partial charge in [0.05, 0.1) is 6.61 Å². The Morgan fingerprint density at radius 1 is 1.47 bits per heavy atom. The number of hydrogen-bond donors (Lipinski definition) is 3. The highest BCUT2D eigenvalue weighted by atomic mass is 16.5. The van der Waals surface area contributed by atoms with E-state index in [1.807, 2.05) is 24.3 Å². The number of rotatable bonds is 6. The zero-order valence-corrected chi connectivity index (χ0v) is 8.40. The van der Waals surface area contributed by atoms with E-state index in [1.165, 1.54) is 0 Å². The van der Waals surface area contributed by atoms with Crippen molar-refractivity contribution in [1.82, 2.24) is 0 Å². The number of nitrogens with two attached hydrogens (primary N) is 2. The van der Waals surface area contributed by atoms with Gasteiger partial charge >= 0.3 is 0 Å². The Kier molecular flexibility index (Phi) is 4.43. The lowest BCUT2D eigenvalue weighted by Crippen LogP contribution is -2.20. The van der Waals surface area contributed by atoms with Gasteiger partial charge in [-0.05, 0) is 18.2 Å². The van der Waals surface area contributed by atoms with Crippen molar-refractivity contribution in [3.05, 3.63) is 24.3 Å². The summed E-state index contributed by atoms with van der Waals surface area (Å²) in [6, 6.07) is 7.41. The van der Waals surface area contributed by atoms with E-state index in [2.05, 4.69) is 5.32 Å². The molecule has 1 aromatic carbocycles. The number of nitrogens with one attached hydrogen (secondary N) is 1. The van der Waals surface area contributed by atoms with Crippen LogP contribution in [-0.2, 0) is 9.53 Å². The van der Waals surface area contributed by atoms with Crippen molar-refractivity contribution in [3.63, 3.8) is 0 Å². The Balaban J connectivity index is 2.17. The minimum Gasteiger partial charge on any atom is -0.399 e. The van der Waals surface area contributed by atoms with E-state index in [1.54, 1.807) is 0 Å². The van der Waals surface area contributed by atoms with Gasteiger partial charge in [-0.2, -0.15) is 0 Å². The lowest BCUT2D eigenvalue weighted by molar-refractivity contribution is -0.122. The monoisotopic (exact) mass is 209 g/mol. The summed E-state index contributed by atoms with van der Waals surface area (Å²) >= 11 is 0. The summed E-state index contributed by atoms with van der Waals surface area (Å²) in [6.45, 7) is 0.993. The summed E-state index contributed by atoms with van der Waals surface area (Å²) < 4.78 is 4.98. The molecule has 5 N–H and O–H groups in total. The van der Waals surface area contributed by atoms with Crippen LogP contribution >= 0.6 is 0 Å². The minimum atomic E-state index is -0.459. The van der Waals surface area contributed by atoms with Gasteiger partial charge in [0.1, 0.15) is 6.61 Å². The van der Waals surface area contributed by atoms with Gasteiger partial charge in [0.2, 0.25) is 5.91 Å². The van der Waals surface area contributed by atoms with E-state index in [0.29, 0.717) is 18.8 Å². The molecule has 0 saturated carbocycles. The number of anilines is 2. The Hall–Kier alpha value is -1.75. The van der Waals surface area contributed by atoms with Crippen molar-refractivity contribution in [3.8, 4) is 0 Å². The molecule has 1 aromatic rings. The van der Waals surface area contributed by atoms with Crippen molar-refractivity contribution >= 4 is 17.3 Å². The molecule has 0 unspecified atom stereocenters. The molecule has 0 fully saturated rings. The van der Waals surface area contributed by atoms with E-state index in [9.17, 15) is 4.79 Å². The molecule has 0 saturated heterocycles. The van der Waals surface area contributed by atoms with Gasteiger partial charge in [-0.3, -0.25) is 4.79 Å². The van der Waals surface area contributed by atoms with Crippen LogP contribution in [0.2, 0.25) is 0 Å². The summed E-state index contributed by atoms with van der Waals surface area (Å²) in [5, 5.41) is 3.10. The number of hydrogen-bond acceptors (Lipinski definition) is 4. The second-order valence-electron chi connectivity index (χ2n) is 3.07. The first-order valence-corrected chi connectivity index (χ1v) is 4.64. The SMILES string of the molecule is NC(=O)COCCNc1cccc(N)c1. The molecule has 1 amide bonds. The van der Waals surface area contributed by atoms with Gasteiger partial charge in [0, 0.05) is 17.9 Å². The second kappa shape index (κ2) is 5.87. The van der Waals surface area contributed by atoms with Crippen LogP contribution in [0.4, 0.5) is 11.4 Å². The fourth-order valence-corrected chi connectivity index (χ4v) is 1.09. The van der Waals surface area contributed by atoms with Gasteiger partial charge < -0.3 is 21.5 Å². The third kappa shape index (κ3) is 4.87. The van der Waals surface area contributed by atoms with E-state index in [4.69, 9.17) is 16.2 Å². The van der Waals surface area contributed by atoms with Gasteiger partial charge in [-0.15, -0.1) is 0 Å². The highest BCUT2D eigenvalue weighted by Crippen LogP contribution is 2.10. The number of nitrogen functional groups attached to an aromatic ring is 1. The van der Waals surface area contributed by atoms with E-state index < -0.39 is 5.91 Å². The molecule has 0 atom stereocenters. The zero-order chi connectivity index (χ0) is 11.1. The average Bonchev–Trinajstić information content (AvgIpc) is 2.17. The molecule has 0 aliphatic carbocycles. The molecule has 0 heterocycles. The lowest BCUT2D eigenvalue weighted by atomic mass is 10.3. The standard InChI is InChI=1S/C10H15N3O2/c11-8-2-1-3-9(6-8)13-4-5-15-7-10(12)14/h1-3,6,13H,4-5,7,11H2,(H2,12,14). The molecule has 0 aliphatic rings. The number of carbonyl (C=O) groups is 1. The molecule has 1 rings (SSSR count). The second-order valence-corrected chi connectivity index (χ2v) is 3.07. The molecule has 82 valence electrons. The van der Waals surface area contributed by atoms with Crippen LogP contribution in [0.25, 0.3) is 0 Å². The first kappa shape index (κ1) is 11.3. The van der Waals surface area contributed by atoms with Crippen molar-refractivity contribution in [1.29, 1.82) is 0 Å². The molecule has 0 aromatic heterocycles. The minimum absolute atomic E-state index is 0.0430. The number of ether oxygens (including phenoxy) is 1. The molecular formula is C10H15N3O2. The maximum absolute atomic E-state index is 10.3. The highest BCUT2D eigenvalue weighted by Gasteiger charge is 1.94. The summed E-state index contributed by atoms with van der Waals surface area (Å²) in [5.41, 5.74) is 12.1. The predicted octanol–water partition coefficient (Wildman–Crippen LogP) is 0.183. The van der Waals surface area contributed by atoms with Crippen LogP contribution in [0.5, 0.6) is 0 Å². The van der Waals surface area contributed by atoms with Gasteiger partial charge in [-0.1, -0.05) is 6.07 Å². The number of benzene rings is 1. The van der Waals surface area contributed by atoms with Crippen molar-refractivity contribution in [2.45, 2.75) is 0 Å². The smallest absolute Gasteiger partial charge is 0.243 e. The van der Waals surface area contributed by atoms with E-state index in [0.717, 1.165) is 5.69 Å². The molecule has 0 spiro atoms. The quantitative estimate of drug-likeness (QED) is 0.460. The molecule has 0 aliphatic heterocycles. The summed E-state index contributed by atoms with van der Waals surface area (Å²) in [6.07, 6.45) is 0. The van der Waals surface area contributed by atoms with Crippen LogP contribution in [-0.4, -0.2) is 25.7 Å². The molecule has 0 bridgehead atoms. The van der Waals surface area contributed by atoms with Crippen molar-refractivity contribution in [2.24, 2.45) is 5.73 Å². The molecular weight excluding hydrogens is 194 g/mol. The summed E-state index contributed by atoms with van der Waals surface area (Å²) in [7, 11) is 0. The molecule has 5 nitrogen and oxygen atoms in total. The molecule has 15 heavy (non-hydrogen) atoms. The molecule has 0 radical (unpaired) electrons. The average molecular weight is 209 g/mol. The van der Waals surface area contributed by atoms with Crippen LogP contribution in [0.1, 0.15) is 0 Å². The van der Waals surface area contributed by atoms with Crippen LogP contribution < -0.4 is 16.8 Å². The molecule has 5 heteroatoms. The van der Waals surface area contributed by atoms with Crippen LogP contribution in [0, 0.1) is 0 Å². The lowest BCUT2D eigenvalue weighted by Gasteiger charge is -2.06. The van der Waals surface area contributed by atoms with Crippen LogP contribution in [0.3, 0.4) is 0 Å². The Bertz CT molecular complexity index is 328. The fourth-order valence-electron chi connectivity index (χ4n) is 1.09. The van der Waals surface area contributed by atoms with Gasteiger partial charge in [0.15, 0.2) is 0 Å². The van der Waals surface area contributed by atoms with Crippen molar-refractivity contribution < 1.29 is 9.53 Å². The summed E-state index contributed by atoms with van der Waals surface area (Å²) in [4.78, 5) is 10.3. The maximum Gasteiger partial charge on any atom is 0.243 e. The highest BCUT2D eigenvalue weighted by molar-refractivity contribution is 5.74. The third-order valence-electron chi connectivity index (χ3n) is 1.71. The van der Waals surface area contributed by atoms with E-state index >= 15 is 0 Å². The first-order chi connectivity index (χ1) is 7.18. The van der Waals surface area contributed by atoms with Crippen molar-refractivity contribution in [2.75, 3.05) is 30.8 Å². The Morgan fingerprint density at radius 2 is 2.27 bits per heavy atom. The van der Waals surface area contributed by atoms with Gasteiger partial charge in [-0.25, -0.2) is 0 Å². The van der Waals surface area contributed by atoms with Crippen LogP contribution in [0.15, 0.2) is 24.3 Å². The number of amides is 1. The Labute approximate surface area is 88.4 Å². The third-order valence-corrected chi connectivity index (χ3v) is 1.71. The normalized spacial score (nSPS) is 9.87. The fraction of sp³-hybridized carbons (Fsp3) is 0.300. The number of primary amides is 1. The maximum atomic E-state index is 10.3. The largest absolute Gasteiger partial charge is 0.399 e. The topological polar surface area (TPSA) is 90.4 Å².